The second kappa shape index (κ2) is 7.51. The molecule has 0 bridgehead atoms. The van der Waals surface area contributed by atoms with Crippen LogP contribution in [0.25, 0.3) is 0 Å². The van der Waals surface area contributed by atoms with Gasteiger partial charge < -0.3 is 0 Å². The van der Waals surface area contributed by atoms with E-state index in [0.717, 1.165) is 23.7 Å². The molecule has 0 aromatic rings. The minimum atomic E-state index is 1.12. The minimum absolute atomic E-state index is 1.12. The molecule has 3 aliphatic rings. The van der Waals surface area contributed by atoms with Crippen molar-refractivity contribution in [1.29, 1.82) is 0 Å². The molecule has 0 spiro atoms. The van der Waals surface area contributed by atoms with Crippen molar-refractivity contribution in [3.05, 3.63) is 0 Å². The van der Waals surface area contributed by atoms with Crippen molar-refractivity contribution in [2.24, 2.45) is 35.5 Å². The Morgan fingerprint density at radius 1 is 0.571 bits per heavy atom. The van der Waals surface area contributed by atoms with E-state index in [1.807, 2.05) is 0 Å². The number of hydrogen-bond acceptors (Lipinski definition) is 0. The average molecular weight is 291 g/mol. The summed E-state index contributed by atoms with van der Waals surface area (Å²) in [6.45, 7) is 4.72. The summed E-state index contributed by atoms with van der Waals surface area (Å²) in [7, 11) is 0. The molecule has 3 rings (SSSR count). The van der Waals surface area contributed by atoms with E-state index in [0.29, 0.717) is 0 Å². The van der Waals surface area contributed by atoms with E-state index in [2.05, 4.69) is 13.8 Å². The Bertz CT molecular complexity index is 307. The molecule has 0 N–H and O–H groups in total. The second-order valence-electron chi connectivity index (χ2n) is 8.55. The molecule has 3 fully saturated rings. The molecule has 0 heterocycles. The fraction of sp³-hybridized carbons (Fsp3) is 1.00. The third-order valence-corrected chi connectivity index (χ3v) is 7.52. The van der Waals surface area contributed by atoms with Crippen LogP contribution in [0.15, 0.2) is 0 Å². The Balaban J connectivity index is 1.30. The summed E-state index contributed by atoms with van der Waals surface area (Å²) in [5.74, 6) is 6.92. The maximum Gasteiger partial charge on any atom is -0.0352 e. The van der Waals surface area contributed by atoms with Crippen molar-refractivity contribution >= 4 is 0 Å². The lowest BCUT2D eigenvalue weighted by atomic mass is 9.45. The van der Waals surface area contributed by atoms with E-state index < -0.39 is 0 Å². The Morgan fingerprint density at radius 2 is 1.14 bits per heavy atom. The maximum atomic E-state index is 2.36. The van der Waals surface area contributed by atoms with Gasteiger partial charge in [0.15, 0.2) is 0 Å². The highest BCUT2D eigenvalue weighted by molar-refractivity contribution is 5.02. The van der Waals surface area contributed by atoms with Crippen LogP contribution in [-0.4, -0.2) is 0 Å². The summed E-state index contributed by atoms with van der Waals surface area (Å²) in [6, 6.07) is 0. The van der Waals surface area contributed by atoms with Crippen LogP contribution in [0.5, 0.6) is 0 Å². The standard InChI is InChI=1S/C21H38/c1-3-5-10-18-19(21-15-14-20(18)21)11-7-6-9-17-13-12-16(17)8-4-2/h16-21H,3-15H2,1-2H3. The van der Waals surface area contributed by atoms with Gasteiger partial charge in [-0.15, -0.1) is 0 Å². The monoisotopic (exact) mass is 290 g/mol. The van der Waals surface area contributed by atoms with Crippen LogP contribution in [0.2, 0.25) is 0 Å². The summed E-state index contributed by atoms with van der Waals surface area (Å²) in [6.07, 6.45) is 19.9. The Labute approximate surface area is 133 Å². The van der Waals surface area contributed by atoms with Gasteiger partial charge in [-0.2, -0.15) is 0 Å². The van der Waals surface area contributed by atoms with Gasteiger partial charge in [0, 0.05) is 0 Å². The first-order valence-corrected chi connectivity index (χ1v) is 10.3. The molecular weight excluding hydrogens is 252 g/mol. The van der Waals surface area contributed by atoms with Crippen LogP contribution < -0.4 is 0 Å². The second-order valence-corrected chi connectivity index (χ2v) is 8.55. The van der Waals surface area contributed by atoms with Crippen molar-refractivity contribution in [2.75, 3.05) is 0 Å². The molecule has 0 nitrogen and oxygen atoms in total. The Kier molecular flexibility index (Phi) is 5.68. The smallest absolute Gasteiger partial charge is 0.0352 e. The fourth-order valence-corrected chi connectivity index (χ4v) is 5.96. The van der Waals surface area contributed by atoms with Crippen LogP contribution in [0, 0.1) is 35.5 Å². The van der Waals surface area contributed by atoms with Gasteiger partial charge in [-0.05, 0) is 74.0 Å². The van der Waals surface area contributed by atoms with Crippen molar-refractivity contribution < 1.29 is 0 Å². The third kappa shape index (κ3) is 3.35. The third-order valence-electron chi connectivity index (χ3n) is 7.52. The van der Waals surface area contributed by atoms with Crippen molar-refractivity contribution in [1.82, 2.24) is 0 Å². The number of hydrogen-bond donors (Lipinski definition) is 0. The molecular formula is C21H38. The zero-order chi connectivity index (χ0) is 14.7. The molecule has 3 aliphatic carbocycles. The average Bonchev–Trinajstić information content (AvgIpc) is 2.45. The zero-order valence-corrected chi connectivity index (χ0v) is 14.7. The summed E-state index contributed by atoms with van der Waals surface area (Å²) in [4.78, 5) is 0. The molecule has 0 aromatic heterocycles. The predicted molar refractivity (Wildman–Crippen MR) is 92.3 cm³/mol. The van der Waals surface area contributed by atoms with Gasteiger partial charge in [0.2, 0.25) is 0 Å². The van der Waals surface area contributed by atoms with E-state index in [4.69, 9.17) is 0 Å². The highest BCUT2D eigenvalue weighted by Gasteiger charge is 2.53. The lowest BCUT2D eigenvalue weighted by Crippen LogP contribution is -2.53. The van der Waals surface area contributed by atoms with Crippen LogP contribution >= 0.6 is 0 Å². The van der Waals surface area contributed by atoms with Crippen LogP contribution in [0.4, 0.5) is 0 Å². The molecule has 122 valence electrons. The lowest BCUT2D eigenvalue weighted by Gasteiger charge is -2.60. The van der Waals surface area contributed by atoms with Gasteiger partial charge in [0.25, 0.3) is 0 Å². The SMILES string of the molecule is CCCCC1C(CCCCC2CCC2CCC)C2CCC12. The quantitative estimate of drug-likeness (QED) is 0.386. The number of unbranched alkanes of at least 4 members (excludes halogenated alkanes) is 2. The minimum Gasteiger partial charge on any atom is -0.0654 e. The largest absolute Gasteiger partial charge is 0.0654 e. The van der Waals surface area contributed by atoms with Gasteiger partial charge in [-0.25, -0.2) is 0 Å². The van der Waals surface area contributed by atoms with E-state index in [1.165, 1.54) is 37.5 Å². The number of fused-ring (bicyclic) bond motifs is 1. The van der Waals surface area contributed by atoms with Gasteiger partial charge >= 0.3 is 0 Å². The highest BCUT2D eigenvalue weighted by Crippen LogP contribution is 2.61. The van der Waals surface area contributed by atoms with E-state index in [-0.39, 0.29) is 0 Å². The molecule has 21 heavy (non-hydrogen) atoms. The van der Waals surface area contributed by atoms with Crippen LogP contribution in [-0.2, 0) is 0 Å². The maximum absolute atomic E-state index is 2.36. The fourth-order valence-electron chi connectivity index (χ4n) is 5.96. The van der Waals surface area contributed by atoms with E-state index in [1.54, 1.807) is 57.8 Å². The predicted octanol–water partition coefficient (Wildman–Crippen LogP) is 6.84. The summed E-state index contributed by atoms with van der Waals surface area (Å²) >= 11 is 0. The highest BCUT2D eigenvalue weighted by atomic mass is 14.6. The molecule has 0 saturated heterocycles. The van der Waals surface area contributed by atoms with Crippen LogP contribution in [0.1, 0.15) is 97.3 Å². The van der Waals surface area contributed by atoms with Gasteiger partial charge in [0.1, 0.15) is 0 Å². The van der Waals surface area contributed by atoms with Crippen molar-refractivity contribution in [3.63, 3.8) is 0 Å². The first kappa shape index (κ1) is 15.9. The summed E-state index contributed by atoms with van der Waals surface area (Å²) < 4.78 is 0. The Morgan fingerprint density at radius 3 is 1.67 bits per heavy atom. The first-order valence-electron chi connectivity index (χ1n) is 10.3. The van der Waals surface area contributed by atoms with Gasteiger partial charge in [-0.3, -0.25) is 0 Å². The van der Waals surface area contributed by atoms with Crippen molar-refractivity contribution in [2.45, 2.75) is 97.3 Å². The first-order chi connectivity index (χ1) is 10.3. The van der Waals surface area contributed by atoms with Gasteiger partial charge in [0.05, 0.1) is 0 Å². The number of rotatable bonds is 10. The molecule has 6 atom stereocenters. The van der Waals surface area contributed by atoms with E-state index >= 15 is 0 Å². The molecule has 3 saturated carbocycles. The Hall–Kier alpha value is 0. The molecule has 0 heteroatoms. The normalized spacial score (nSPS) is 40.9. The molecule has 0 aromatic carbocycles. The zero-order valence-electron chi connectivity index (χ0n) is 14.7. The summed E-state index contributed by atoms with van der Waals surface area (Å²) in [5, 5.41) is 0. The molecule has 0 aliphatic heterocycles. The van der Waals surface area contributed by atoms with E-state index in [9.17, 15) is 0 Å². The molecule has 0 amide bonds. The van der Waals surface area contributed by atoms with Crippen molar-refractivity contribution in [3.8, 4) is 0 Å². The molecule has 6 unspecified atom stereocenters. The molecule has 0 radical (unpaired) electrons. The topological polar surface area (TPSA) is 0 Å². The summed E-state index contributed by atoms with van der Waals surface area (Å²) in [5.41, 5.74) is 0. The van der Waals surface area contributed by atoms with Crippen LogP contribution in [0.3, 0.4) is 0 Å². The lowest BCUT2D eigenvalue weighted by molar-refractivity contribution is -0.111. The van der Waals surface area contributed by atoms with Gasteiger partial charge in [-0.1, -0.05) is 58.8 Å².